The Balaban J connectivity index is 2.25. The van der Waals surface area contributed by atoms with Gasteiger partial charge in [-0.15, -0.1) is 0 Å². The number of rotatable bonds is 3. The first-order valence-electron chi connectivity index (χ1n) is 5.87. The van der Waals surface area contributed by atoms with E-state index in [1.54, 1.807) is 18.3 Å². The molecule has 2 rings (SSSR count). The summed E-state index contributed by atoms with van der Waals surface area (Å²) >= 11 is 6.02. The predicted octanol–water partition coefficient (Wildman–Crippen LogP) is 3.63. The molecule has 1 aromatic carbocycles. The number of nitrogens with one attached hydrogen (secondary N) is 1. The molecule has 1 aromatic heterocycles. The van der Waals surface area contributed by atoms with Crippen molar-refractivity contribution in [3.8, 4) is 11.5 Å². The van der Waals surface area contributed by atoms with Crippen LogP contribution >= 0.6 is 11.6 Å². The van der Waals surface area contributed by atoms with Crippen LogP contribution in [0.15, 0.2) is 30.5 Å². The zero-order valence-electron chi connectivity index (χ0n) is 10.7. The van der Waals surface area contributed by atoms with Gasteiger partial charge in [-0.25, -0.2) is 4.98 Å². The van der Waals surface area contributed by atoms with Gasteiger partial charge in [0, 0.05) is 18.3 Å². The number of pyridine rings is 1. The average Bonchev–Trinajstić information content (AvgIpc) is 2.32. The summed E-state index contributed by atoms with van der Waals surface area (Å²) in [4.78, 5) is 4.06. The second-order valence-corrected chi connectivity index (χ2v) is 4.86. The van der Waals surface area contributed by atoms with Crippen LogP contribution in [0.1, 0.15) is 24.1 Å². The van der Waals surface area contributed by atoms with Gasteiger partial charge in [-0.2, -0.15) is 0 Å². The molecule has 0 radical (unpaired) electrons. The molecule has 0 spiro atoms. The molecular weight excluding hydrogens is 264 g/mol. The molecule has 1 unspecified atom stereocenters. The molecule has 0 fully saturated rings. The lowest BCUT2D eigenvalue weighted by Crippen LogP contribution is -2.07. The number of anilines is 1. The smallest absolute Gasteiger partial charge is 0.152 e. The summed E-state index contributed by atoms with van der Waals surface area (Å²) in [6.07, 6.45) is 1.69. The van der Waals surface area contributed by atoms with Crippen molar-refractivity contribution >= 4 is 17.3 Å². The number of halogens is 1. The largest absolute Gasteiger partial charge is 0.508 e. The molecule has 0 aliphatic carbocycles. The van der Waals surface area contributed by atoms with E-state index in [2.05, 4.69) is 10.3 Å². The Bertz CT molecular complexity index is 582. The van der Waals surface area contributed by atoms with Crippen molar-refractivity contribution in [1.29, 1.82) is 0 Å². The Morgan fingerprint density at radius 1 is 1.16 bits per heavy atom. The third-order valence-electron chi connectivity index (χ3n) is 2.77. The first-order chi connectivity index (χ1) is 8.95. The second-order valence-electron chi connectivity index (χ2n) is 4.50. The maximum atomic E-state index is 9.48. The van der Waals surface area contributed by atoms with Crippen LogP contribution in [0.3, 0.4) is 0 Å². The first kappa shape index (κ1) is 13.5. The van der Waals surface area contributed by atoms with Gasteiger partial charge < -0.3 is 15.5 Å². The fourth-order valence-corrected chi connectivity index (χ4v) is 2.00. The summed E-state index contributed by atoms with van der Waals surface area (Å²) in [5, 5.41) is 22.6. The molecule has 0 bridgehead atoms. The Labute approximate surface area is 116 Å². The Kier molecular flexibility index (Phi) is 3.81. The van der Waals surface area contributed by atoms with Crippen molar-refractivity contribution in [2.24, 2.45) is 0 Å². The molecule has 100 valence electrons. The molecule has 0 aliphatic heterocycles. The average molecular weight is 279 g/mol. The van der Waals surface area contributed by atoms with E-state index in [9.17, 15) is 10.2 Å². The van der Waals surface area contributed by atoms with Crippen LogP contribution in [-0.2, 0) is 0 Å². The van der Waals surface area contributed by atoms with Crippen molar-refractivity contribution in [1.82, 2.24) is 4.98 Å². The quantitative estimate of drug-likeness (QED) is 0.750. The topological polar surface area (TPSA) is 65.4 Å². The highest BCUT2D eigenvalue weighted by molar-refractivity contribution is 6.31. The minimum atomic E-state index is -0.126. The zero-order valence-corrected chi connectivity index (χ0v) is 11.4. The zero-order chi connectivity index (χ0) is 14.0. The van der Waals surface area contributed by atoms with Gasteiger partial charge in [0.1, 0.15) is 11.5 Å². The van der Waals surface area contributed by atoms with Crippen molar-refractivity contribution in [2.45, 2.75) is 19.9 Å². The van der Waals surface area contributed by atoms with E-state index in [-0.39, 0.29) is 17.5 Å². The van der Waals surface area contributed by atoms with E-state index >= 15 is 0 Å². The van der Waals surface area contributed by atoms with Gasteiger partial charge in [-0.3, -0.25) is 0 Å². The lowest BCUT2D eigenvalue weighted by atomic mass is 10.1. The lowest BCUT2D eigenvalue weighted by molar-refractivity contribution is 0.448. The Hall–Kier alpha value is -1.94. The minimum absolute atomic E-state index is 0.0251. The van der Waals surface area contributed by atoms with Crippen LogP contribution in [0, 0.1) is 6.92 Å². The second kappa shape index (κ2) is 5.36. The van der Waals surface area contributed by atoms with Crippen LogP contribution < -0.4 is 5.32 Å². The highest BCUT2D eigenvalue weighted by Gasteiger charge is 2.10. The number of aromatic nitrogens is 1. The molecule has 19 heavy (non-hydrogen) atoms. The predicted molar refractivity (Wildman–Crippen MR) is 75.8 cm³/mol. The summed E-state index contributed by atoms with van der Waals surface area (Å²) in [5.74, 6) is 0.0502. The number of aromatic hydroxyl groups is 2. The molecular formula is C14H15ClN2O2. The van der Waals surface area contributed by atoms with Gasteiger partial charge in [0.25, 0.3) is 0 Å². The number of hydrogen-bond acceptors (Lipinski definition) is 4. The van der Waals surface area contributed by atoms with Crippen LogP contribution in [0.2, 0.25) is 5.15 Å². The number of nitrogens with zero attached hydrogens (tertiary/aromatic N) is 1. The van der Waals surface area contributed by atoms with E-state index in [0.29, 0.717) is 5.15 Å². The molecule has 0 aliphatic rings. The van der Waals surface area contributed by atoms with Crippen LogP contribution in [0.25, 0.3) is 0 Å². The van der Waals surface area contributed by atoms with E-state index in [1.807, 2.05) is 19.9 Å². The normalized spacial score (nSPS) is 12.2. The van der Waals surface area contributed by atoms with Crippen molar-refractivity contribution in [3.63, 3.8) is 0 Å². The van der Waals surface area contributed by atoms with Gasteiger partial charge in [-0.1, -0.05) is 11.6 Å². The molecule has 0 saturated heterocycles. The standard InChI is InChI=1S/C14H15ClN2O2/c1-8-3-13(14(15)16-7-8)17-9(2)10-4-11(18)6-12(19)5-10/h3-7,9,17-19H,1-2H3. The third-order valence-corrected chi connectivity index (χ3v) is 3.07. The van der Waals surface area contributed by atoms with Crippen molar-refractivity contribution in [3.05, 3.63) is 46.7 Å². The Morgan fingerprint density at radius 2 is 1.79 bits per heavy atom. The molecule has 3 N–H and O–H groups in total. The van der Waals surface area contributed by atoms with E-state index in [4.69, 9.17) is 11.6 Å². The fourth-order valence-electron chi connectivity index (χ4n) is 1.84. The number of phenols is 2. The van der Waals surface area contributed by atoms with Gasteiger partial charge >= 0.3 is 0 Å². The highest BCUT2D eigenvalue weighted by atomic mass is 35.5. The molecule has 1 atom stereocenters. The first-order valence-corrected chi connectivity index (χ1v) is 6.25. The molecule has 4 nitrogen and oxygen atoms in total. The third kappa shape index (κ3) is 3.29. The lowest BCUT2D eigenvalue weighted by Gasteiger charge is -2.17. The Morgan fingerprint density at radius 3 is 2.42 bits per heavy atom. The fraction of sp³-hybridized carbons (Fsp3) is 0.214. The maximum absolute atomic E-state index is 9.48. The molecule has 1 heterocycles. The summed E-state index contributed by atoms with van der Waals surface area (Å²) in [7, 11) is 0. The maximum Gasteiger partial charge on any atom is 0.152 e. The van der Waals surface area contributed by atoms with Gasteiger partial charge in [-0.05, 0) is 43.2 Å². The van der Waals surface area contributed by atoms with Crippen molar-refractivity contribution in [2.75, 3.05) is 5.32 Å². The number of phenolic OH excluding ortho intramolecular Hbond substituents is 2. The van der Waals surface area contributed by atoms with Gasteiger partial charge in [0.15, 0.2) is 5.15 Å². The molecule has 0 saturated carbocycles. The van der Waals surface area contributed by atoms with E-state index in [1.165, 1.54) is 6.07 Å². The summed E-state index contributed by atoms with van der Waals surface area (Å²) in [6.45, 7) is 3.84. The van der Waals surface area contributed by atoms with Gasteiger partial charge in [0.2, 0.25) is 0 Å². The molecule has 5 heteroatoms. The monoisotopic (exact) mass is 278 g/mol. The summed E-state index contributed by atoms with van der Waals surface area (Å²) in [6, 6.07) is 6.24. The van der Waals surface area contributed by atoms with E-state index < -0.39 is 0 Å². The summed E-state index contributed by atoms with van der Waals surface area (Å²) in [5.41, 5.74) is 2.48. The number of hydrogen-bond donors (Lipinski definition) is 3. The minimum Gasteiger partial charge on any atom is -0.508 e. The highest BCUT2D eigenvalue weighted by Crippen LogP contribution is 2.29. The van der Waals surface area contributed by atoms with Crippen LogP contribution in [0.4, 0.5) is 5.69 Å². The van der Waals surface area contributed by atoms with E-state index in [0.717, 1.165) is 16.8 Å². The van der Waals surface area contributed by atoms with Gasteiger partial charge in [0.05, 0.1) is 5.69 Å². The van der Waals surface area contributed by atoms with Crippen LogP contribution in [-0.4, -0.2) is 15.2 Å². The van der Waals surface area contributed by atoms with Crippen molar-refractivity contribution < 1.29 is 10.2 Å². The summed E-state index contributed by atoms with van der Waals surface area (Å²) < 4.78 is 0. The van der Waals surface area contributed by atoms with Crippen LogP contribution in [0.5, 0.6) is 11.5 Å². The SMILES string of the molecule is Cc1cnc(Cl)c(NC(C)c2cc(O)cc(O)c2)c1. The molecule has 0 amide bonds. The number of benzene rings is 1. The molecule has 2 aromatic rings. The number of aryl methyl sites for hydroxylation is 1.